The van der Waals surface area contributed by atoms with E-state index in [1.807, 2.05) is 17.9 Å². The lowest BCUT2D eigenvalue weighted by Crippen LogP contribution is -2.53. The van der Waals surface area contributed by atoms with Crippen LogP contribution in [0.3, 0.4) is 0 Å². The number of piperazine rings is 1. The summed E-state index contributed by atoms with van der Waals surface area (Å²) in [7, 11) is 0. The van der Waals surface area contributed by atoms with E-state index in [1.54, 1.807) is 17.2 Å². The second kappa shape index (κ2) is 7.20. The molecule has 1 atom stereocenters. The van der Waals surface area contributed by atoms with E-state index in [2.05, 4.69) is 4.98 Å². The Morgan fingerprint density at radius 3 is 2.65 bits per heavy atom. The highest BCUT2D eigenvalue weighted by molar-refractivity contribution is 7.15. The Hall–Kier alpha value is -2.19. The first-order chi connectivity index (χ1) is 12.6. The van der Waals surface area contributed by atoms with Crippen LogP contribution in [0, 0.1) is 6.92 Å². The first-order valence-electron chi connectivity index (χ1n) is 8.84. The fraction of sp³-hybridized carbons (Fsp3) is 0.500. The van der Waals surface area contributed by atoms with Crippen molar-refractivity contribution in [2.45, 2.75) is 25.9 Å². The Morgan fingerprint density at radius 1 is 1.23 bits per heavy atom. The maximum absolute atomic E-state index is 12.8. The molecule has 2 saturated heterocycles. The van der Waals surface area contributed by atoms with Crippen molar-refractivity contribution in [3.8, 4) is 10.8 Å². The second-order valence-corrected chi connectivity index (χ2v) is 7.72. The third kappa shape index (κ3) is 3.26. The van der Waals surface area contributed by atoms with Crippen molar-refractivity contribution >= 4 is 23.2 Å². The minimum atomic E-state index is -0.297. The summed E-state index contributed by atoms with van der Waals surface area (Å²) < 4.78 is 10.8. The number of aryl methyl sites for hydroxylation is 1. The average Bonchev–Trinajstić information content (AvgIpc) is 3.41. The molecule has 4 rings (SSSR count). The van der Waals surface area contributed by atoms with Gasteiger partial charge in [-0.2, -0.15) is 0 Å². The number of carbonyl (C=O) groups is 2. The van der Waals surface area contributed by atoms with Crippen molar-refractivity contribution in [1.82, 2.24) is 14.8 Å². The van der Waals surface area contributed by atoms with Crippen LogP contribution in [-0.4, -0.2) is 65.5 Å². The lowest BCUT2D eigenvalue weighted by Gasteiger charge is -2.35. The molecule has 0 unspecified atom stereocenters. The van der Waals surface area contributed by atoms with Crippen molar-refractivity contribution in [1.29, 1.82) is 0 Å². The number of ether oxygens (including phenoxy) is 1. The van der Waals surface area contributed by atoms with Gasteiger partial charge in [0.15, 0.2) is 10.8 Å². The van der Waals surface area contributed by atoms with Gasteiger partial charge in [-0.15, -0.1) is 11.3 Å². The van der Waals surface area contributed by atoms with Crippen molar-refractivity contribution in [2.24, 2.45) is 0 Å². The molecule has 7 nitrogen and oxygen atoms in total. The molecule has 8 heteroatoms. The van der Waals surface area contributed by atoms with E-state index in [0.29, 0.717) is 49.2 Å². The lowest BCUT2D eigenvalue weighted by atomic mass is 10.2. The zero-order valence-corrected chi connectivity index (χ0v) is 15.5. The van der Waals surface area contributed by atoms with Gasteiger partial charge in [0.25, 0.3) is 11.8 Å². The SMILES string of the molecule is Cc1sc(-c2ccco2)nc1C(=O)N1CCN(C(=O)[C@@H]2CCCO2)CC1. The zero-order chi connectivity index (χ0) is 18.1. The Labute approximate surface area is 155 Å². The van der Waals surface area contributed by atoms with Crippen molar-refractivity contribution in [3.05, 3.63) is 29.0 Å². The number of amides is 2. The molecular formula is C18H21N3O4S. The molecule has 2 aromatic rings. The number of hydrogen-bond donors (Lipinski definition) is 0. The van der Waals surface area contributed by atoms with E-state index in [-0.39, 0.29) is 17.9 Å². The van der Waals surface area contributed by atoms with E-state index >= 15 is 0 Å². The van der Waals surface area contributed by atoms with Crippen molar-refractivity contribution in [2.75, 3.05) is 32.8 Å². The van der Waals surface area contributed by atoms with Crippen LogP contribution >= 0.6 is 11.3 Å². The van der Waals surface area contributed by atoms with Gasteiger partial charge in [0, 0.05) is 37.7 Å². The summed E-state index contributed by atoms with van der Waals surface area (Å²) in [5.41, 5.74) is 0.473. The maximum Gasteiger partial charge on any atom is 0.273 e. The molecule has 2 amide bonds. The van der Waals surface area contributed by atoms with Crippen LogP contribution in [0.25, 0.3) is 10.8 Å². The number of furan rings is 1. The van der Waals surface area contributed by atoms with E-state index in [1.165, 1.54) is 11.3 Å². The Kier molecular flexibility index (Phi) is 4.78. The topological polar surface area (TPSA) is 75.9 Å². The van der Waals surface area contributed by atoms with Crippen LogP contribution < -0.4 is 0 Å². The highest BCUT2D eigenvalue weighted by Crippen LogP contribution is 2.28. The van der Waals surface area contributed by atoms with E-state index in [9.17, 15) is 9.59 Å². The molecule has 0 aromatic carbocycles. The fourth-order valence-corrected chi connectivity index (χ4v) is 4.23. The predicted molar refractivity (Wildman–Crippen MR) is 96.0 cm³/mol. The van der Waals surface area contributed by atoms with E-state index < -0.39 is 0 Å². The van der Waals surface area contributed by atoms with Crippen LogP contribution in [0.4, 0.5) is 0 Å². The van der Waals surface area contributed by atoms with Crippen molar-refractivity contribution < 1.29 is 18.7 Å². The summed E-state index contributed by atoms with van der Waals surface area (Å²) in [5.74, 6) is 0.643. The number of thiazole rings is 1. The molecule has 0 aliphatic carbocycles. The molecule has 2 fully saturated rings. The molecule has 4 heterocycles. The number of hydrogen-bond acceptors (Lipinski definition) is 6. The highest BCUT2D eigenvalue weighted by atomic mass is 32.1. The average molecular weight is 375 g/mol. The monoisotopic (exact) mass is 375 g/mol. The van der Waals surface area contributed by atoms with Gasteiger partial charge < -0.3 is 19.0 Å². The first-order valence-corrected chi connectivity index (χ1v) is 9.66. The summed E-state index contributed by atoms with van der Waals surface area (Å²) >= 11 is 1.45. The summed E-state index contributed by atoms with van der Waals surface area (Å²) in [6.45, 7) is 4.68. The van der Waals surface area contributed by atoms with Crippen molar-refractivity contribution in [3.63, 3.8) is 0 Å². The van der Waals surface area contributed by atoms with Gasteiger partial charge in [-0.05, 0) is 31.9 Å². The molecule has 2 aliphatic rings. The molecule has 0 radical (unpaired) electrons. The van der Waals surface area contributed by atoms with Gasteiger partial charge in [0.05, 0.1) is 6.26 Å². The van der Waals surface area contributed by atoms with Gasteiger partial charge in [-0.3, -0.25) is 9.59 Å². The molecular weight excluding hydrogens is 354 g/mol. The number of nitrogens with zero attached hydrogens (tertiary/aromatic N) is 3. The minimum absolute atomic E-state index is 0.0551. The molecule has 0 N–H and O–H groups in total. The fourth-order valence-electron chi connectivity index (χ4n) is 3.36. The Morgan fingerprint density at radius 2 is 2.00 bits per heavy atom. The summed E-state index contributed by atoms with van der Waals surface area (Å²) in [4.78, 5) is 34.2. The van der Waals surface area contributed by atoms with E-state index in [0.717, 1.165) is 17.7 Å². The smallest absolute Gasteiger partial charge is 0.273 e. The molecule has 0 saturated carbocycles. The predicted octanol–water partition coefficient (Wildman–Crippen LogP) is 2.17. The molecule has 26 heavy (non-hydrogen) atoms. The largest absolute Gasteiger partial charge is 0.462 e. The van der Waals surface area contributed by atoms with E-state index in [4.69, 9.17) is 9.15 Å². The third-order valence-corrected chi connectivity index (χ3v) is 5.80. The van der Waals surface area contributed by atoms with Crippen LogP contribution in [0.2, 0.25) is 0 Å². The molecule has 138 valence electrons. The van der Waals surface area contributed by atoms with Gasteiger partial charge in [-0.1, -0.05) is 0 Å². The standard InChI is InChI=1S/C18H21N3O4S/c1-12-15(19-16(26-12)13-4-2-10-24-13)18(23)21-8-6-20(7-9-21)17(22)14-5-3-11-25-14/h2,4,10,14H,3,5-9,11H2,1H3/t14-/m0/s1. The number of aromatic nitrogens is 1. The minimum Gasteiger partial charge on any atom is -0.462 e. The van der Waals surface area contributed by atoms with Gasteiger partial charge in [0.2, 0.25) is 0 Å². The molecule has 2 aromatic heterocycles. The Bertz CT molecular complexity index is 787. The summed E-state index contributed by atoms with van der Waals surface area (Å²) in [6.07, 6.45) is 3.04. The van der Waals surface area contributed by atoms with Gasteiger partial charge in [0.1, 0.15) is 11.8 Å². The first kappa shape index (κ1) is 17.2. The highest BCUT2D eigenvalue weighted by Gasteiger charge is 2.32. The van der Waals surface area contributed by atoms with Crippen LogP contribution in [-0.2, 0) is 9.53 Å². The number of rotatable bonds is 3. The molecule has 0 spiro atoms. The van der Waals surface area contributed by atoms with Gasteiger partial charge >= 0.3 is 0 Å². The zero-order valence-electron chi connectivity index (χ0n) is 14.6. The quantitative estimate of drug-likeness (QED) is 0.822. The third-order valence-electron chi connectivity index (χ3n) is 4.81. The molecule has 2 aliphatic heterocycles. The van der Waals surface area contributed by atoms with Crippen LogP contribution in [0.1, 0.15) is 28.2 Å². The number of carbonyl (C=O) groups excluding carboxylic acids is 2. The van der Waals surface area contributed by atoms with Crippen LogP contribution in [0.5, 0.6) is 0 Å². The summed E-state index contributed by atoms with van der Waals surface area (Å²) in [6, 6.07) is 3.64. The normalized spacial score (nSPS) is 20.6. The maximum atomic E-state index is 12.8. The van der Waals surface area contributed by atoms with Gasteiger partial charge in [-0.25, -0.2) is 4.98 Å². The Balaban J connectivity index is 1.40. The van der Waals surface area contributed by atoms with Crippen LogP contribution in [0.15, 0.2) is 22.8 Å². The lowest BCUT2D eigenvalue weighted by molar-refractivity contribution is -0.142. The summed E-state index contributed by atoms with van der Waals surface area (Å²) in [5, 5.41) is 0.711. The second-order valence-electron chi connectivity index (χ2n) is 6.52. The molecule has 0 bridgehead atoms.